The highest BCUT2D eigenvalue weighted by Gasteiger charge is 2.54. The van der Waals surface area contributed by atoms with Crippen LogP contribution in [-0.4, -0.2) is 86.7 Å². The number of nitrogens with one attached hydrogen (secondary N) is 2. The molecule has 0 saturated carbocycles. The molecular formula is C22H21N9O7S2. The standard InChI is InChI=1S/C22H21N9O7S2/c1-10-26-31(22(37)38-10)20(36)24-13(11-6-4-3-5-7-11)16(32)23-14-17(33)30-15(19(34)35)12(8-39-18(14)30)9-40-21-25-27-28-29(21)2/h3-7,13-14,18H,8-9H2,1-2H3,(H,23,32)(H,24,36)(H,34,35)/t13-,14?,18-/m1/s1. The van der Waals surface area contributed by atoms with Crippen molar-refractivity contribution in [2.75, 3.05) is 11.5 Å². The molecule has 2 aromatic heterocycles. The van der Waals surface area contributed by atoms with Crippen LogP contribution in [0.5, 0.6) is 0 Å². The van der Waals surface area contributed by atoms with Crippen molar-refractivity contribution >= 4 is 47.3 Å². The smallest absolute Gasteiger partial charge is 0.446 e. The number of hydrogen-bond donors (Lipinski definition) is 3. The summed E-state index contributed by atoms with van der Waals surface area (Å²) in [6.45, 7) is 1.39. The molecule has 1 aromatic carbocycles. The Morgan fingerprint density at radius 1 is 1.25 bits per heavy atom. The fourth-order valence-corrected chi connectivity index (χ4v) is 6.49. The summed E-state index contributed by atoms with van der Waals surface area (Å²) in [5, 5.41) is 29.7. The minimum atomic E-state index is -1.30. The summed E-state index contributed by atoms with van der Waals surface area (Å²) >= 11 is 2.54. The Balaban J connectivity index is 1.33. The summed E-state index contributed by atoms with van der Waals surface area (Å²) in [5.74, 6) is -3.12. The molecule has 0 bridgehead atoms. The van der Waals surface area contributed by atoms with E-state index in [0.717, 1.165) is 4.90 Å². The summed E-state index contributed by atoms with van der Waals surface area (Å²) in [4.78, 5) is 64.4. The Labute approximate surface area is 233 Å². The molecular weight excluding hydrogens is 566 g/mol. The summed E-state index contributed by atoms with van der Waals surface area (Å²) in [7, 11) is 1.66. The molecule has 1 saturated heterocycles. The number of aromatic nitrogens is 6. The van der Waals surface area contributed by atoms with Gasteiger partial charge in [0.2, 0.25) is 17.0 Å². The van der Waals surface area contributed by atoms with Crippen LogP contribution in [0.2, 0.25) is 0 Å². The van der Waals surface area contributed by atoms with Gasteiger partial charge in [-0.15, -0.1) is 26.6 Å². The third-order valence-electron chi connectivity index (χ3n) is 6.01. The third-order valence-corrected chi connectivity index (χ3v) is 8.44. The maximum absolute atomic E-state index is 13.4. The van der Waals surface area contributed by atoms with Crippen LogP contribution < -0.4 is 16.4 Å². The van der Waals surface area contributed by atoms with Crippen molar-refractivity contribution in [1.82, 2.24) is 45.5 Å². The molecule has 0 spiro atoms. The average Bonchev–Trinajstić information content (AvgIpc) is 3.51. The molecule has 2 aliphatic heterocycles. The molecule has 2 aliphatic rings. The Morgan fingerprint density at radius 2 is 2.00 bits per heavy atom. The maximum atomic E-state index is 13.4. The Bertz CT molecular complexity index is 1580. The van der Waals surface area contributed by atoms with Gasteiger partial charge < -0.3 is 20.2 Å². The number of benzene rings is 1. The number of rotatable bonds is 8. The lowest BCUT2D eigenvalue weighted by Gasteiger charge is -2.49. The predicted molar refractivity (Wildman–Crippen MR) is 138 cm³/mol. The van der Waals surface area contributed by atoms with Gasteiger partial charge in [-0.1, -0.05) is 42.1 Å². The number of tetrazole rings is 1. The summed E-state index contributed by atoms with van der Waals surface area (Å²) in [5.41, 5.74) is 0.753. The van der Waals surface area contributed by atoms with Crippen molar-refractivity contribution in [2.24, 2.45) is 7.05 Å². The highest BCUT2D eigenvalue weighted by atomic mass is 32.2. The van der Waals surface area contributed by atoms with Crippen molar-refractivity contribution in [2.45, 2.75) is 29.5 Å². The molecule has 3 aromatic rings. The van der Waals surface area contributed by atoms with E-state index in [-0.39, 0.29) is 17.3 Å². The normalized spacial score (nSPS) is 19.1. The fraction of sp³-hybridized carbons (Fsp3) is 0.318. The van der Waals surface area contributed by atoms with E-state index >= 15 is 0 Å². The fourth-order valence-electron chi connectivity index (χ4n) is 4.16. The molecule has 0 aliphatic carbocycles. The Hall–Kier alpha value is -4.45. The van der Waals surface area contributed by atoms with E-state index in [1.165, 1.54) is 35.1 Å². The van der Waals surface area contributed by atoms with Crippen molar-refractivity contribution in [3.63, 3.8) is 0 Å². The molecule has 3 N–H and O–H groups in total. The predicted octanol–water partition coefficient (Wildman–Crippen LogP) is -0.502. The molecule has 40 heavy (non-hydrogen) atoms. The van der Waals surface area contributed by atoms with Crippen LogP contribution in [0, 0.1) is 6.92 Å². The van der Waals surface area contributed by atoms with E-state index in [2.05, 4.69) is 31.3 Å². The first kappa shape index (κ1) is 27.1. The number of nitrogens with zero attached hydrogens (tertiary/aromatic N) is 7. The van der Waals surface area contributed by atoms with Gasteiger partial charge in [0, 0.05) is 25.5 Å². The molecule has 18 heteroatoms. The minimum Gasteiger partial charge on any atom is -0.477 e. The molecule has 4 heterocycles. The summed E-state index contributed by atoms with van der Waals surface area (Å²) in [6, 6.07) is 4.87. The number of hydrogen-bond acceptors (Lipinski definition) is 12. The highest BCUT2D eigenvalue weighted by Crippen LogP contribution is 2.41. The number of amides is 3. The summed E-state index contributed by atoms with van der Waals surface area (Å²) < 4.78 is 6.65. The van der Waals surface area contributed by atoms with Gasteiger partial charge in [-0.25, -0.2) is 19.1 Å². The first-order valence-corrected chi connectivity index (χ1v) is 13.7. The first-order valence-electron chi connectivity index (χ1n) is 11.6. The number of carbonyl (C=O) groups excluding carboxylic acids is 3. The second-order valence-electron chi connectivity index (χ2n) is 8.62. The van der Waals surface area contributed by atoms with E-state index in [9.17, 15) is 29.1 Å². The van der Waals surface area contributed by atoms with Crippen LogP contribution >= 0.6 is 23.5 Å². The van der Waals surface area contributed by atoms with Gasteiger partial charge in [0.25, 0.3) is 5.91 Å². The molecule has 3 atom stereocenters. The van der Waals surface area contributed by atoms with E-state index in [0.29, 0.717) is 26.7 Å². The number of carboxylic acid groups (broad SMARTS) is 1. The van der Waals surface area contributed by atoms with Gasteiger partial charge in [0.1, 0.15) is 23.2 Å². The molecule has 5 rings (SSSR count). The number of aryl methyl sites for hydroxylation is 2. The molecule has 1 unspecified atom stereocenters. The van der Waals surface area contributed by atoms with E-state index in [1.54, 1.807) is 37.4 Å². The lowest BCUT2D eigenvalue weighted by atomic mass is 10.0. The average molecular weight is 588 g/mol. The van der Waals surface area contributed by atoms with Crippen LogP contribution in [0.4, 0.5) is 4.79 Å². The van der Waals surface area contributed by atoms with E-state index < -0.39 is 47.0 Å². The molecule has 208 valence electrons. The highest BCUT2D eigenvalue weighted by molar-refractivity contribution is 8.01. The molecule has 16 nitrogen and oxygen atoms in total. The second kappa shape index (κ2) is 11.0. The van der Waals surface area contributed by atoms with Crippen LogP contribution in [0.1, 0.15) is 17.5 Å². The lowest BCUT2D eigenvalue weighted by Crippen LogP contribution is -2.71. The zero-order valence-corrected chi connectivity index (χ0v) is 22.5. The third kappa shape index (κ3) is 5.09. The largest absolute Gasteiger partial charge is 0.477 e. The second-order valence-corrected chi connectivity index (χ2v) is 10.7. The SMILES string of the molecule is Cc1nn(C(=O)N[C@@H](C(=O)NC2C(=O)N3C(C(=O)O)=C(CSc4nnnn4C)CS[C@H]23)c2ccccc2)c(=O)o1. The number of thioether (sulfide) groups is 2. The zero-order valence-electron chi connectivity index (χ0n) is 20.9. The number of fused-ring (bicyclic) bond motifs is 1. The van der Waals surface area contributed by atoms with Crippen molar-refractivity contribution < 1.29 is 28.7 Å². The van der Waals surface area contributed by atoms with Crippen LogP contribution in [0.15, 0.2) is 56.0 Å². The molecule has 0 radical (unpaired) electrons. The van der Waals surface area contributed by atoms with E-state index in [4.69, 9.17) is 4.42 Å². The Morgan fingerprint density at radius 3 is 2.62 bits per heavy atom. The number of carboxylic acids is 1. The number of aliphatic carboxylic acids is 1. The van der Waals surface area contributed by atoms with Crippen molar-refractivity contribution in [3.8, 4) is 0 Å². The topological polar surface area (TPSA) is 207 Å². The lowest BCUT2D eigenvalue weighted by molar-refractivity contribution is -0.151. The quantitative estimate of drug-likeness (QED) is 0.225. The number of carbonyl (C=O) groups is 4. The van der Waals surface area contributed by atoms with Gasteiger partial charge in [-0.3, -0.25) is 14.5 Å². The van der Waals surface area contributed by atoms with Crippen LogP contribution in [0.3, 0.4) is 0 Å². The van der Waals surface area contributed by atoms with Gasteiger partial charge in [0.05, 0.1) is 0 Å². The monoisotopic (exact) mass is 587 g/mol. The molecule has 3 amide bonds. The zero-order chi connectivity index (χ0) is 28.6. The van der Waals surface area contributed by atoms with Crippen molar-refractivity contribution in [1.29, 1.82) is 0 Å². The van der Waals surface area contributed by atoms with Crippen molar-refractivity contribution in [3.05, 3.63) is 63.6 Å². The van der Waals surface area contributed by atoms with Gasteiger partial charge in [-0.05, 0) is 21.6 Å². The van der Waals surface area contributed by atoms with Gasteiger partial charge >= 0.3 is 17.8 Å². The first-order chi connectivity index (χ1) is 19.2. The van der Waals surface area contributed by atoms with E-state index in [1.807, 2.05) is 0 Å². The van der Waals surface area contributed by atoms with Gasteiger partial charge in [0.15, 0.2) is 0 Å². The minimum absolute atomic E-state index is 0.0383. The van der Waals surface area contributed by atoms with Crippen LogP contribution in [-0.2, 0) is 21.4 Å². The summed E-state index contributed by atoms with van der Waals surface area (Å²) in [6.07, 6.45) is 0. The number of β-lactam (4-membered cyclic amide) rings is 1. The van der Waals surface area contributed by atoms with Crippen LogP contribution in [0.25, 0.3) is 0 Å². The Kier molecular flexibility index (Phi) is 7.44. The van der Waals surface area contributed by atoms with Gasteiger partial charge in [-0.2, -0.15) is 0 Å². The maximum Gasteiger partial charge on any atom is 0.446 e. The molecule has 1 fully saturated rings.